The molecule has 1 atom stereocenters. The fourth-order valence-electron chi connectivity index (χ4n) is 3.26. The Labute approximate surface area is 202 Å². The number of nitrogens with one attached hydrogen (secondary N) is 2. The number of imide groups is 1. The quantitative estimate of drug-likeness (QED) is 0.292. The number of carbonyl (C=O) groups excluding carboxylic acids is 3. The van der Waals surface area contributed by atoms with Crippen molar-refractivity contribution in [2.45, 2.75) is 22.6 Å². The third kappa shape index (κ3) is 4.90. The molecule has 1 aromatic heterocycles. The minimum Gasteiger partial charge on any atom is -0.319 e. The lowest BCUT2D eigenvalue weighted by atomic mass is 9.92. The summed E-state index contributed by atoms with van der Waals surface area (Å²) in [5.41, 5.74) is 0.594. The van der Waals surface area contributed by atoms with Gasteiger partial charge in [0.05, 0.1) is 11.6 Å². The first-order chi connectivity index (χ1) is 16.3. The SMILES string of the molecule is CC1(c2ccc(F)cc2)NC(=O)N(CC(=O)Nc2nnc(SCc3ccc(C#N)cc3)s2)C1=O. The lowest BCUT2D eigenvalue weighted by molar-refractivity contribution is -0.133. The highest BCUT2D eigenvalue weighted by molar-refractivity contribution is 8.00. The van der Waals surface area contributed by atoms with E-state index in [0.29, 0.717) is 21.2 Å². The van der Waals surface area contributed by atoms with Crippen LogP contribution in [-0.2, 0) is 20.9 Å². The van der Waals surface area contributed by atoms with E-state index in [2.05, 4.69) is 26.9 Å². The number of halogens is 1. The standard InChI is InChI=1S/C22H17FN6O3S2/c1-22(15-6-8-16(23)9-7-15)18(31)29(20(32)26-22)11-17(30)25-19-27-28-21(34-19)33-12-14-4-2-13(10-24)3-5-14/h2-9H,11-12H2,1H3,(H,26,32)(H,25,27,30). The molecule has 34 heavy (non-hydrogen) atoms. The Balaban J connectivity index is 1.34. The van der Waals surface area contributed by atoms with Crippen molar-refractivity contribution >= 4 is 46.1 Å². The maximum atomic E-state index is 13.2. The van der Waals surface area contributed by atoms with E-state index in [1.54, 1.807) is 12.1 Å². The molecule has 1 unspecified atom stereocenters. The van der Waals surface area contributed by atoms with E-state index in [1.165, 1.54) is 43.0 Å². The highest BCUT2D eigenvalue weighted by atomic mass is 32.2. The molecule has 2 N–H and O–H groups in total. The van der Waals surface area contributed by atoms with Crippen LogP contribution in [0.25, 0.3) is 0 Å². The summed E-state index contributed by atoms with van der Waals surface area (Å²) in [6, 6.07) is 13.7. The first-order valence-corrected chi connectivity index (χ1v) is 11.7. The van der Waals surface area contributed by atoms with Crippen LogP contribution in [0.15, 0.2) is 52.9 Å². The number of amides is 4. The normalized spacial score (nSPS) is 17.4. The second kappa shape index (κ2) is 9.58. The molecule has 4 amide bonds. The summed E-state index contributed by atoms with van der Waals surface area (Å²) in [5.74, 6) is -1.08. The maximum Gasteiger partial charge on any atom is 0.325 e. The van der Waals surface area contributed by atoms with Crippen molar-refractivity contribution in [2.24, 2.45) is 0 Å². The predicted octanol–water partition coefficient (Wildman–Crippen LogP) is 3.25. The molecular weight excluding hydrogens is 479 g/mol. The van der Waals surface area contributed by atoms with Crippen LogP contribution >= 0.6 is 23.1 Å². The second-order valence-corrected chi connectivity index (χ2v) is 9.67. The van der Waals surface area contributed by atoms with Gasteiger partial charge in [0.1, 0.15) is 17.9 Å². The number of nitrogens with zero attached hydrogens (tertiary/aromatic N) is 4. The van der Waals surface area contributed by atoms with E-state index in [-0.39, 0.29) is 5.13 Å². The maximum absolute atomic E-state index is 13.2. The molecule has 1 aliphatic rings. The molecule has 1 fully saturated rings. The van der Waals surface area contributed by atoms with Gasteiger partial charge in [-0.15, -0.1) is 10.2 Å². The number of hydrogen-bond donors (Lipinski definition) is 2. The van der Waals surface area contributed by atoms with E-state index in [9.17, 15) is 18.8 Å². The van der Waals surface area contributed by atoms with Gasteiger partial charge in [-0.25, -0.2) is 9.18 Å². The van der Waals surface area contributed by atoms with Crippen molar-refractivity contribution < 1.29 is 18.8 Å². The minimum atomic E-state index is -1.40. The van der Waals surface area contributed by atoms with Crippen LogP contribution in [0, 0.1) is 17.1 Å². The molecule has 2 aromatic carbocycles. The van der Waals surface area contributed by atoms with Gasteiger partial charge in [0.25, 0.3) is 5.91 Å². The number of urea groups is 1. The summed E-state index contributed by atoms with van der Waals surface area (Å²) in [5, 5.41) is 22.2. The van der Waals surface area contributed by atoms with E-state index in [4.69, 9.17) is 5.26 Å². The molecule has 1 saturated heterocycles. The van der Waals surface area contributed by atoms with Gasteiger partial charge >= 0.3 is 6.03 Å². The van der Waals surface area contributed by atoms with Crippen LogP contribution in [0.1, 0.15) is 23.6 Å². The smallest absolute Gasteiger partial charge is 0.319 e. The number of thioether (sulfide) groups is 1. The van der Waals surface area contributed by atoms with Crippen molar-refractivity contribution in [2.75, 3.05) is 11.9 Å². The molecule has 3 aromatic rings. The van der Waals surface area contributed by atoms with Crippen LogP contribution in [0.2, 0.25) is 0 Å². The zero-order valence-electron chi connectivity index (χ0n) is 17.7. The summed E-state index contributed by atoms with van der Waals surface area (Å²) in [7, 11) is 0. The van der Waals surface area contributed by atoms with Gasteiger partial charge in [-0.2, -0.15) is 5.26 Å². The van der Waals surface area contributed by atoms with Crippen LogP contribution in [-0.4, -0.2) is 39.5 Å². The second-order valence-electron chi connectivity index (χ2n) is 7.47. The minimum absolute atomic E-state index is 0.237. The molecule has 0 aliphatic carbocycles. The fraction of sp³-hybridized carbons (Fsp3) is 0.182. The lowest BCUT2D eigenvalue weighted by Crippen LogP contribution is -2.42. The Kier molecular flexibility index (Phi) is 6.58. The highest BCUT2D eigenvalue weighted by Crippen LogP contribution is 2.30. The van der Waals surface area contributed by atoms with Crippen LogP contribution in [0.3, 0.4) is 0 Å². The zero-order valence-corrected chi connectivity index (χ0v) is 19.4. The molecule has 0 spiro atoms. The number of nitriles is 1. The van der Waals surface area contributed by atoms with Gasteiger partial charge in [-0.1, -0.05) is 47.4 Å². The summed E-state index contributed by atoms with van der Waals surface area (Å²) < 4.78 is 13.9. The number of carbonyl (C=O) groups is 3. The zero-order chi connectivity index (χ0) is 24.3. The highest BCUT2D eigenvalue weighted by Gasteiger charge is 2.49. The van der Waals surface area contributed by atoms with Gasteiger partial charge < -0.3 is 5.32 Å². The molecule has 0 radical (unpaired) electrons. The Bertz CT molecular complexity index is 1290. The van der Waals surface area contributed by atoms with Crippen LogP contribution in [0.5, 0.6) is 0 Å². The van der Waals surface area contributed by atoms with Gasteiger partial charge in [-0.05, 0) is 42.3 Å². The van der Waals surface area contributed by atoms with Crippen molar-refractivity contribution in [1.29, 1.82) is 5.26 Å². The van der Waals surface area contributed by atoms with E-state index in [0.717, 1.165) is 21.8 Å². The third-order valence-electron chi connectivity index (χ3n) is 5.10. The predicted molar refractivity (Wildman–Crippen MR) is 123 cm³/mol. The van der Waals surface area contributed by atoms with Gasteiger partial charge in [0.15, 0.2) is 4.34 Å². The Morgan fingerprint density at radius 2 is 1.91 bits per heavy atom. The number of anilines is 1. The summed E-state index contributed by atoms with van der Waals surface area (Å²) in [4.78, 5) is 38.6. The number of hydrogen-bond acceptors (Lipinski definition) is 8. The molecule has 1 aliphatic heterocycles. The summed E-state index contributed by atoms with van der Waals surface area (Å²) in [6.45, 7) is 0.995. The Morgan fingerprint density at radius 3 is 2.59 bits per heavy atom. The average molecular weight is 497 g/mol. The molecular formula is C22H17FN6O3S2. The first-order valence-electron chi connectivity index (χ1n) is 9.94. The fourth-order valence-corrected chi connectivity index (χ4v) is 4.99. The molecule has 0 bridgehead atoms. The Morgan fingerprint density at radius 1 is 1.21 bits per heavy atom. The molecule has 12 heteroatoms. The third-order valence-corrected chi connectivity index (χ3v) is 7.14. The molecule has 2 heterocycles. The Hall–Kier alpha value is -3.82. The van der Waals surface area contributed by atoms with Crippen molar-refractivity contribution in [3.05, 3.63) is 71.0 Å². The van der Waals surface area contributed by atoms with E-state index in [1.807, 2.05) is 12.1 Å². The summed E-state index contributed by atoms with van der Waals surface area (Å²) >= 11 is 2.58. The largest absolute Gasteiger partial charge is 0.325 e. The lowest BCUT2D eigenvalue weighted by Gasteiger charge is -2.22. The van der Waals surface area contributed by atoms with E-state index < -0.39 is 35.7 Å². The average Bonchev–Trinajstić information content (AvgIpc) is 3.36. The number of aromatic nitrogens is 2. The van der Waals surface area contributed by atoms with Crippen molar-refractivity contribution in [1.82, 2.24) is 20.4 Å². The van der Waals surface area contributed by atoms with Gasteiger partial charge in [-0.3, -0.25) is 19.8 Å². The molecule has 172 valence electrons. The van der Waals surface area contributed by atoms with Crippen LogP contribution in [0.4, 0.5) is 14.3 Å². The molecule has 9 nitrogen and oxygen atoms in total. The number of benzene rings is 2. The van der Waals surface area contributed by atoms with E-state index >= 15 is 0 Å². The van der Waals surface area contributed by atoms with Gasteiger partial charge in [0, 0.05) is 5.75 Å². The van der Waals surface area contributed by atoms with Gasteiger partial charge in [0.2, 0.25) is 11.0 Å². The number of rotatable bonds is 7. The molecule has 0 saturated carbocycles. The first kappa shape index (κ1) is 23.3. The summed E-state index contributed by atoms with van der Waals surface area (Å²) in [6.07, 6.45) is 0. The van der Waals surface area contributed by atoms with Crippen molar-refractivity contribution in [3.8, 4) is 6.07 Å². The van der Waals surface area contributed by atoms with Crippen molar-refractivity contribution in [3.63, 3.8) is 0 Å². The monoisotopic (exact) mass is 496 g/mol. The topological polar surface area (TPSA) is 128 Å². The van der Waals surface area contributed by atoms with Crippen LogP contribution < -0.4 is 10.6 Å². The molecule has 4 rings (SSSR count).